The first-order chi connectivity index (χ1) is 10.1. The van der Waals surface area contributed by atoms with Crippen molar-refractivity contribution < 1.29 is 9.18 Å². The Bertz CT molecular complexity index is 703. The lowest BCUT2D eigenvalue weighted by Gasteiger charge is -2.20. The van der Waals surface area contributed by atoms with Gasteiger partial charge in [0.05, 0.1) is 5.02 Å². The van der Waals surface area contributed by atoms with E-state index in [0.717, 1.165) is 30.8 Å². The molecule has 0 aliphatic carbocycles. The van der Waals surface area contributed by atoms with Crippen molar-refractivity contribution in [2.45, 2.75) is 13.0 Å². The van der Waals surface area contributed by atoms with Crippen LogP contribution < -0.4 is 10.6 Å². The molecule has 5 heteroatoms. The average Bonchev–Trinajstić information content (AvgIpc) is 2.50. The molecule has 0 unspecified atom stereocenters. The van der Waals surface area contributed by atoms with Gasteiger partial charge in [0, 0.05) is 17.8 Å². The van der Waals surface area contributed by atoms with Crippen LogP contribution in [0.1, 0.15) is 21.5 Å². The number of halogens is 2. The van der Waals surface area contributed by atoms with Gasteiger partial charge in [-0.25, -0.2) is 4.39 Å². The van der Waals surface area contributed by atoms with Crippen molar-refractivity contribution in [3.63, 3.8) is 0 Å². The van der Waals surface area contributed by atoms with Gasteiger partial charge in [-0.05, 0) is 48.4 Å². The molecule has 108 valence electrons. The molecule has 21 heavy (non-hydrogen) atoms. The van der Waals surface area contributed by atoms with E-state index in [1.165, 1.54) is 23.8 Å². The van der Waals surface area contributed by atoms with Crippen LogP contribution >= 0.6 is 11.6 Å². The first kappa shape index (κ1) is 14.0. The van der Waals surface area contributed by atoms with E-state index in [0.29, 0.717) is 5.56 Å². The molecule has 2 N–H and O–H groups in total. The fraction of sp³-hybridized carbons (Fsp3) is 0.188. The largest absolute Gasteiger partial charge is 0.322 e. The predicted molar refractivity (Wildman–Crippen MR) is 81.2 cm³/mol. The van der Waals surface area contributed by atoms with Gasteiger partial charge in [-0.2, -0.15) is 0 Å². The molecule has 1 aliphatic rings. The molecule has 0 atom stereocenters. The maximum atomic E-state index is 13.1. The van der Waals surface area contributed by atoms with Gasteiger partial charge in [-0.15, -0.1) is 0 Å². The van der Waals surface area contributed by atoms with Gasteiger partial charge in [-0.1, -0.05) is 23.7 Å². The second-order valence-electron chi connectivity index (χ2n) is 4.95. The molecule has 2 aromatic carbocycles. The number of nitrogens with one attached hydrogen (secondary N) is 2. The van der Waals surface area contributed by atoms with Gasteiger partial charge in [0.1, 0.15) is 5.82 Å². The summed E-state index contributed by atoms with van der Waals surface area (Å²) in [5.74, 6) is -0.819. The highest BCUT2D eigenvalue weighted by Gasteiger charge is 2.15. The van der Waals surface area contributed by atoms with Crippen molar-refractivity contribution in [1.82, 2.24) is 5.32 Å². The minimum Gasteiger partial charge on any atom is -0.322 e. The summed E-state index contributed by atoms with van der Waals surface area (Å²) in [5.41, 5.74) is 3.49. The number of carbonyl (C=O) groups is 1. The summed E-state index contributed by atoms with van der Waals surface area (Å²) >= 11 is 5.71. The van der Waals surface area contributed by atoms with E-state index in [2.05, 4.69) is 10.6 Å². The number of benzene rings is 2. The van der Waals surface area contributed by atoms with E-state index < -0.39 is 5.82 Å². The summed E-state index contributed by atoms with van der Waals surface area (Å²) < 4.78 is 13.1. The first-order valence-electron chi connectivity index (χ1n) is 6.73. The van der Waals surface area contributed by atoms with Crippen molar-refractivity contribution in [2.75, 3.05) is 11.9 Å². The second kappa shape index (κ2) is 5.84. The quantitative estimate of drug-likeness (QED) is 0.893. The minimum absolute atomic E-state index is 0.0538. The molecule has 0 fully saturated rings. The average molecular weight is 305 g/mol. The van der Waals surface area contributed by atoms with Crippen LogP contribution in [0.25, 0.3) is 0 Å². The molecule has 1 aliphatic heterocycles. The maximum Gasteiger partial charge on any atom is 0.255 e. The van der Waals surface area contributed by atoms with E-state index in [9.17, 15) is 9.18 Å². The van der Waals surface area contributed by atoms with Crippen LogP contribution in [0.5, 0.6) is 0 Å². The summed E-state index contributed by atoms with van der Waals surface area (Å²) in [4.78, 5) is 12.3. The molecular weight excluding hydrogens is 291 g/mol. The molecule has 1 heterocycles. The van der Waals surface area contributed by atoms with E-state index in [1.54, 1.807) is 0 Å². The van der Waals surface area contributed by atoms with Gasteiger partial charge in [-0.3, -0.25) is 4.79 Å². The van der Waals surface area contributed by atoms with Crippen LogP contribution in [0.4, 0.5) is 10.1 Å². The lowest BCUT2D eigenvalue weighted by atomic mass is 9.99. The van der Waals surface area contributed by atoms with Gasteiger partial charge in [0.15, 0.2) is 0 Å². The molecule has 0 spiro atoms. The highest BCUT2D eigenvalue weighted by Crippen LogP contribution is 2.24. The van der Waals surface area contributed by atoms with Crippen LogP contribution in [0.3, 0.4) is 0 Å². The number of carbonyl (C=O) groups excluding carboxylic acids is 1. The molecule has 1 amide bonds. The highest BCUT2D eigenvalue weighted by atomic mass is 35.5. The Balaban J connectivity index is 1.86. The van der Waals surface area contributed by atoms with Crippen molar-refractivity contribution in [1.29, 1.82) is 0 Å². The normalized spacial score (nSPS) is 13.6. The smallest absolute Gasteiger partial charge is 0.255 e. The van der Waals surface area contributed by atoms with E-state index in [4.69, 9.17) is 11.6 Å². The molecule has 0 bridgehead atoms. The summed E-state index contributed by atoms with van der Waals surface area (Å²) in [6.45, 7) is 1.70. The summed E-state index contributed by atoms with van der Waals surface area (Å²) in [6, 6.07) is 9.80. The summed E-state index contributed by atoms with van der Waals surface area (Å²) in [6.07, 6.45) is 0.871. The molecule has 3 rings (SSSR count). The van der Waals surface area contributed by atoms with Gasteiger partial charge < -0.3 is 10.6 Å². The Labute approximate surface area is 127 Å². The number of rotatable bonds is 2. The van der Waals surface area contributed by atoms with E-state index >= 15 is 0 Å². The van der Waals surface area contributed by atoms with Gasteiger partial charge in [0.2, 0.25) is 0 Å². The lowest BCUT2D eigenvalue weighted by Crippen LogP contribution is -2.25. The monoisotopic (exact) mass is 304 g/mol. The summed E-state index contributed by atoms with van der Waals surface area (Å²) in [7, 11) is 0. The number of anilines is 1. The fourth-order valence-corrected chi connectivity index (χ4v) is 2.66. The fourth-order valence-electron chi connectivity index (χ4n) is 2.48. The Kier molecular flexibility index (Phi) is 3.90. The Morgan fingerprint density at radius 3 is 2.95 bits per heavy atom. The SMILES string of the molecule is O=C(Nc1cccc2c1CCNC2)c1ccc(F)c(Cl)c1. The molecule has 0 aromatic heterocycles. The third kappa shape index (κ3) is 2.91. The molecule has 0 saturated heterocycles. The number of fused-ring (bicyclic) bond motifs is 1. The second-order valence-corrected chi connectivity index (χ2v) is 5.36. The van der Waals surface area contributed by atoms with Crippen molar-refractivity contribution in [2.24, 2.45) is 0 Å². The maximum absolute atomic E-state index is 13.1. The zero-order chi connectivity index (χ0) is 14.8. The molecule has 3 nitrogen and oxygen atoms in total. The van der Waals surface area contributed by atoms with Crippen LogP contribution in [0.2, 0.25) is 5.02 Å². The number of hydrogen-bond donors (Lipinski definition) is 2. The number of amides is 1. The Hall–Kier alpha value is -1.91. The van der Waals surface area contributed by atoms with Gasteiger partial charge in [0.25, 0.3) is 5.91 Å². The van der Waals surface area contributed by atoms with Crippen LogP contribution in [-0.4, -0.2) is 12.5 Å². The number of hydrogen-bond acceptors (Lipinski definition) is 2. The van der Waals surface area contributed by atoms with Gasteiger partial charge >= 0.3 is 0 Å². The van der Waals surface area contributed by atoms with Crippen LogP contribution in [0.15, 0.2) is 36.4 Å². The molecule has 0 radical (unpaired) electrons. The molecular formula is C16H14ClFN2O. The summed E-state index contributed by atoms with van der Waals surface area (Å²) in [5, 5.41) is 6.13. The highest BCUT2D eigenvalue weighted by molar-refractivity contribution is 6.31. The topological polar surface area (TPSA) is 41.1 Å². The minimum atomic E-state index is -0.531. The van der Waals surface area contributed by atoms with Crippen molar-refractivity contribution in [3.05, 3.63) is 63.9 Å². The Morgan fingerprint density at radius 1 is 1.29 bits per heavy atom. The third-order valence-corrected chi connectivity index (χ3v) is 3.86. The predicted octanol–water partition coefficient (Wildman–Crippen LogP) is 3.38. The lowest BCUT2D eigenvalue weighted by molar-refractivity contribution is 0.102. The van der Waals surface area contributed by atoms with E-state index in [-0.39, 0.29) is 10.9 Å². The molecule has 2 aromatic rings. The van der Waals surface area contributed by atoms with Crippen molar-refractivity contribution in [3.8, 4) is 0 Å². The van der Waals surface area contributed by atoms with E-state index in [1.807, 2.05) is 18.2 Å². The third-order valence-electron chi connectivity index (χ3n) is 3.57. The zero-order valence-electron chi connectivity index (χ0n) is 11.2. The Morgan fingerprint density at radius 2 is 2.14 bits per heavy atom. The van der Waals surface area contributed by atoms with Crippen LogP contribution in [-0.2, 0) is 13.0 Å². The van der Waals surface area contributed by atoms with Crippen molar-refractivity contribution >= 4 is 23.2 Å². The van der Waals surface area contributed by atoms with Crippen LogP contribution in [0, 0.1) is 5.82 Å². The zero-order valence-corrected chi connectivity index (χ0v) is 12.0. The molecule has 0 saturated carbocycles. The standard InChI is InChI=1S/C16H14ClFN2O/c17-13-8-10(4-5-14(13)18)16(21)20-15-3-1-2-11-9-19-7-6-12(11)15/h1-5,8,19H,6-7,9H2,(H,20,21). The first-order valence-corrected chi connectivity index (χ1v) is 7.11.